The number of hydrogen-bond acceptors (Lipinski definition) is 6. The summed E-state index contributed by atoms with van der Waals surface area (Å²) in [5, 5.41) is 3.61. The number of fused-ring (bicyclic) bond motifs is 1. The third kappa shape index (κ3) is 1.62. The summed E-state index contributed by atoms with van der Waals surface area (Å²) in [6, 6.07) is 3.75. The van der Waals surface area contributed by atoms with Gasteiger partial charge in [-0.3, -0.25) is 4.98 Å². The first-order chi connectivity index (χ1) is 6.85. The van der Waals surface area contributed by atoms with Gasteiger partial charge >= 0.3 is 0 Å². The molecule has 4 nitrogen and oxygen atoms in total. The second kappa shape index (κ2) is 4.02. The predicted octanol–water partition coefficient (Wildman–Crippen LogP) is 2.00. The molecule has 0 aliphatic heterocycles. The Kier molecular flexibility index (Phi) is 2.74. The van der Waals surface area contributed by atoms with Gasteiger partial charge in [0.05, 0.1) is 5.52 Å². The summed E-state index contributed by atoms with van der Waals surface area (Å²) in [4.78, 5) is 12.7. The van der Waals surface area contributed by atoms with Crippen molar-refractivity contribution in [2.75, 3.05) is 12.4 Å². The van der Waals surface area contributed by atoms with Gasteiger partial charge in [-0.25, -0.2) is 9.97 Å². The molecule has 2 heterocycles. The van der Waals surface area contributed by atoms with E-state index in [1.54, 1.807) is 6.20 Å². The third-order valence-electron chi connectivity index (χ3n) is 1.75. The molecule has 6 heteroatoms. The summed E-state index contributed by atoms with van der Waals surface area (Å²) < 4.78 is 0. The van der Waals surface area contributed by atoms with Gasteiger partial charge < -0.3 is 5.32 Å². The van der Waals surface area contributed by atoms with Crippen molar-refractivity contribution in [1.82, 2.24) is 15.0 Å². The average molecular weight is 224 g/mol. The van der Waals surface area contributed by atoms with Crippen molar-refractivity contribution >= 4 is 39.3 Å². The lowest BCUT2D eigenvalue weighted by Gasteiger charge is -2.04. The Labute approximate surface area is 90.4 Å². The van der Waals surface area contributed by atoms with Gasteiger partial charge in [-0.15, -0.1) is 11.7 Å². The van der Waals surface area contributed by atoms with E-state index in [4.69, 9.17) is 0 Å². The number of rotatable bonds is 2. The second-order valence-electron chi connectivity index (χ2n) is 2.57. The van der Waals surface area contributed by atoms with E-state index in [9.17, 15) is 0 Å². The fourth-order valence-electron chi connectivity index (χ4n) is 1.16. The standard InChI is InChI=1S/C8H8N4S2/c1-9-7-6-5(3-2-4-10-6)11-8(12-7)14-13/h2-4,13H,1H3,(H,9,11,12). The Morgan fingerprint density at radius 3 is 3.00 bits per heavy atom. The van der Waals surface area contributed by atoms with E-state index in [-0.39, 0.29) is 0 Å². The molecule has 2 aromatic heterocycles. The molecule has 0 aliphatic carbocycles. The Bertz CT molecular complexity index is 460. The van der Waals surface area contributed by atoms with Crippen LogP contribution in [-0.2, 0) is 0 Å². The van der Waals surface area contributed by atoms with E-state index in [2.05, 4.69) is 31.9 Å². The van der Waals surface area contributed by atoms with Crippen molar-refractivity contribution in [2.45, 2.75) is 5.16 Å². The minimum atomic E-state index is 0.623. The van der Waals surface area contributed by atoms with Crippen LogP contribution in [0.25, 0.3) is 11.0 Å². The molecule has 14 heavy (non-hydrogen) atoms. The maximum absolute atomic E-state index is 4.28. The summed E-state index contributed by atoms with van der Waals surface area (Å²) in [6.45, 7) is 0. The molecule has 0 bridgehead atoms. The molecule has 2 aromatic rings. The first kappa shape index (κ1) is 9.54. The van der Waals surface area contributed by atoms with Gasteiger partial charge in [0, 0.05) is 13.2 Å². The van der Waals surface area contributed by atoms with Gasteiger partial charge in [-0.05, 0) is 22.9 Å². The first-order valence-corrected chi connectivity index (χ1v) is 5.84. The Balaban J connectivity index is 2.73. The van der Waals surface area contributed by atoms with Crippen LogP contribution < -0.4 is 5.32 Å². The molecule has 0 amide bonds. The van der Waals surface area contributed by atoms with Crippen LogP contribution in [-0.4, -0.2) is 22.0 Å². The molecule has 1 N–H and O–H groups in total. The highest BCUT2D eigenvalue weighted by atomic mass is 33.1. The van der Waals surface area contributed by atoms with Gasteiger partial charge in [0.25, 0.3) is 0 Å². The van der Waals surface area contributed by atoms with Crippen LogP contribution in [0, 0.1) is 0 Å². The van der Waals surface area contributed by atoms with Crippen molar-refractivity contribution in [3.63, 3.8) is 0 Å². The van der Waals surface area contributed by atoms with Crippen LogP contribution in [0.5, 0.6) is 0 Å². The van der Waals surface area contributed by atoms with Gasteiger partial charge in [0.1, 0.15) is 5.52 Å². The normalized spacial score (nSPS) is 10.4. The fourth-order valence-corrected chi connectivity index (χ4v) is 1.68. The number of aromatic nitrogens is 3. The van der Waals surface area contributed by atoms with Crippen LogP contribution in [0.2, 0.25) is 0 Å². The summed E-state index contributed by atoms with van der Waals surface area (Å²) >= 11 is 4.07. The number of thiol groups is 1. The summed E-state index contributed by atoms with van der Waals surface area (Å²) in [5.41, 5.74) is 1.60. The molecule has 0 aliphatic rings. The maximum atomic E-state index is 4.28. The van der Waals surface area contributed by atoms with Crippen LogP contribution in [0.3, 0.4) is 0 Å². The lowest BCUT2D eigenvalue weighted by atomic mass is 10.3. The summed E-state index contributed by atoms with van der Waals surface area (Å²) in [7, 11) is 3.03. The monoisotopic (exact) mass is 224 g/mol. The molecule has 0 spiro atoms. The molecule has 0 atom stereocenters. The van der Waals surface area contributed by atoms with Crippen LogP contribution in [0.1, 0.15) is 0 Å². The maximum Gasteiger partial charge on any atom is 0.200 e. The highest BCUT2D eigenvalue weighted by Crippen LogP contribution is 2.23. The molecule has 0 saturated heterocycles. The molecule has 72 valence electrons. The number of pyridine rings is 1. The van der Waals surface area contributed by atoms with Gasteiger partial charge in [0.15, 0.2) is 5.82 Å². The van der Waals surface area contributed by atoms with Crippen LogP contribution in [0.15, 0.2) is 23.5 Å². The van der Waals surface area contributed by atoms with Crippen LogP contribution in [0.4, 0.5) is 5.82 Å². The Morgan fingerprint density at radius 1 is 1.43 bits per heavy atom. The van der Waals surface area contributed by atoms with Gasteiger partial charge in [-0.2, -0.15) is 0 Å². The zero-order chi connectivity index (χ0) is 9.97. The predicted molar refractivity (Wildman–Crippen MR) is 61.7 cm³/mol. The van der Waals surface area contributed by atoms with Crippen LogP contribution >= 0.6 is 22.5 Å². The van der Waals surface area contributed by atoms with Crippen molar-refractivity contribution in [2.24, 2.45) is 0 Å². The van der Waals surface area contributed by atoms with Gasteiger partial charge in [-0.1, -0.05) is 0 Å². The molecule has 0 aromatic carbocycles. The van der Waals surface area contributed by atoms with Crippen molar-refractivity contribution in [3.8, 4) is 0 Å². The van der Waals surface area contributed by atoms with Crippen molar-refractivity contribution in [3.05, 3.63) is 18.3 Å². The smallest absolute Gasteiger partial charge is 0.200 e. The second-order valence-corrected chi connectivity index (χ2v) is 3.66. The number of anilines is 1. The van der Waals surface area contributed by atoms with E-state index in [1.165, 1.54) is 10.8 Å². The van der Waals surface area contributed by atoms with E-state index in [1.807, 2.05) is 19.2 Å². The minimum Gasteiger partial charge on any atom is -0.371 e. The zero-order valence-corrected chi connectivity index (χ0v) is 9.14. The van der Waals surface area contributed by atoms with E-state index >= 15 is 0 Å². The molecule has 0 radical (unpaired) electrons. The SMILES string of the molecule is CNc1nc(SS)nc2cccnc12. The summed E-state index contributed by atoms with van der Waals surface area (Å²) in [5.74, 6) is 0.729. The molecule has 0 unspecified atom stereocenters. The highest BCUT2D eigenvalue weighted by Gasteiger charge is 2.05. The lowest BCUT2D eigenvalue weighted by molar-refractivity contribution is 1.00. The zero-order valence-electron chi connectivity index (χ0n) is 7.43. The molecular formula is C8H8N4S2. The molecular weight excluding hydrogens is 216 g/mol. The number of nitrogens with zero attached hydrogens (tertiary/aromatic N) is 3. The van der Waals surface area contributed by atoms with Crippen molar-refractivity contribution < 1.29 is 0 Å². The topological polar surface area (TPSA) is 50.7 Å². The Morgan fingerprint density at radius 2 is 2.29 bits per heavy atom. The van der Waals surface area contributed by atoms with Gasteiger partial charge in [0.2, 0.25) is 5.16 Å². The quantitative estimate of drug-likeness (QED) is 0.464. The van der Waals surface area contributed by atoms with E-state index < -0.39 is 0 Å². The van der Waals surface area contributed by atoms with E-state index in [0.29, 0.717) is 5.16 Å². The molecule has 2 rings (SSSR count). The summed E-state index contributed by atoms with van der Waals surface area (Å²) in [6.07, 6.45) is 1.72. The number of hydrogen-bond donors (Lipinski definition) is 2. The van der Waals surface area contributed by atoms with Crippen molar-refractivity contribution in [1.29, 1.82) is 0 Å². The highest BCUT2D eigenvalue weighted by molar-refractivity contribution is 8.68. The minimum absolute atomic E-state index is 0.623. The average Bonchev–Trinajstić information content (AvgIpc) is 2.27. The largest absolute Gasteiger partial charge is 0.371 e. The van der Waals surface area contributed by atoms with E-state index in [0.717, 1.165) is 16.9 Å². The lowest BCUT2D eigenvalue weighted by Crippen LogP contribution is -1.98. The molecule has 0 saturated carbocycles. The molecule has 0 fully saturated rings. The Hall–Kier alpha value is -1.01. The fraction of sp³-hybridized carbons (Fsp3) is 0.125. The number of nitrogens with one attached hydrogen (secondary N) is 1. The first-order valence-electron chi connectivity index (χ1n) is 3.97. The third-order valence-corrected chi connectivity index (χ3v) is 2.59.